The Labute approximate surface area is 138 Å². The molecule has 7 heteroatoms. The molecule has 0 bridgehead atoms. The first-order valence-electron chi connectivity index (χ1n) is 7.78. The van der Waals surface area contributed by atoms with Crippen LogP contribution in [0.3, 0.4) is 0 Å². The molecule has 0 amide bonds. The van der Waals surface area contributed by atoms with Crippen LogP contribution in [0.15, 0.2) is 22.7 Å². The molecule has 0 spiro atoms. The minimum Gasteiger partial charge on any atom is -0.337 e. The van der Waals surface area contributed by atoms with Crippen LogP contribution in [0.5, 0.6) is 0 Å². The molecule has 0 saturated carbocycles. The largest absolute Gasteiger partial charge is 0.337 e. The Bertz CT molecular complexity index is 922. The average molecular weight is 329 g/mol. The van der Waals surface area contributed by atoms with Gasteiger partial charge in [0.15, 0.2) is 0 Å². The standard InChI is InChI=1S/C16H19N5OS/c1-11-9-23-15-14(11)18-13-3-4-20(5-6-21(13)16(15)22)8-12-7-17-10-19(12)2/h7,9-10H,3-6,8H2,1-2H3. The van der Waals surface area contributed by atoms with E-state index in [0.29, 0.717) is 6.54 Å². The smallest absolute Gasteiger partial charge is 0.271 e. The Morgan fingerprint density at radius 1 is 1.30 bits per heavy atom. The number of thiophene rings is 1. The fourth-order valence-corrected chi connectivity index (χ4v) is 4.05. The molecule has 0 saturated heterocycles. The summed E-state index contributed by atoms with van der Waals surface area (Å²) in [4.78, 5) is 24.0. The summed E-state index contributed by atoms with van der Waals surface area (Å²) in [6, 6.07) is 0. The molecular formula is C16H19N5OS. The van der Waals surface area contributed by atoms with E-state index in [1.165, 1.54) is 17.0 Å². The summed E-state index contributed by atoms with van der Waals surface area (Å²) in [7, 11) is 2.01. The Morgan fingerprint density at radius 2 is 2.17 bits per heavy atom. The molecule has 0 fully saturated rings. The van der Waals surface area contributed by atoms with Crippen molar-refractivity contribution in [2.45, 2.75) is 26.4 Å². The van der Waals surface area contributed by atoms with Gasteiger partial charge in [-0.25, -0.2) is 9.97 Å². The summed E-state index contributed by atoms with van der Waals surface area (Å²) < 4.78 is 4.69. The zero-order chi connectivity index (χ0) is 16.0. The van der Waals surface area contributed by atoms with Gasteiger partial charge >= 0.3 is 0 Å². The number of hydrogen-bond donors (Lipinski definition) is 0. The number of nitrogens with zero attached hydrogens (tertiary/aromatic N) is 5. The van der Waals surface area contributed by atoms with Crippen molar-refractivity contribution in [2.24, 2.45) is 7.05 Å². The van der Waals surface area contributed by atoms with Gasteiger partial charge in [-0.05, 0) is 17.9 Å². The molecule has 3 aromatic heterocycles. The summed E-state index contributed by atoms with van der Waals surface area (Å²) in [5.74, 6) is 0.913. The molecule has 0 radical (unpaired) electrons. The molecular weight excluding hydrogens is 310 g/mol. The summed E-state index contributed by atoms with van der Waals surface area (Å²) in [5, 5.41) is 2.02. The number of fused-ring (bicyclic) bond motifs is 2. The van der Waals surface area contributed by atoms with E-state index < -0.39 is 0 Å². The number of rotatable bonds is 2. The number of aryl methyl sites for hydroxylation is 2. The lowest BCUT2D eigenvalue weighted by molar-refractivity contribution is 0.265. The highest BCUT2D eigenvalue weighted by atomic mass is 32.1. The summed E-state index contributed by atoms with van der Waals surface area (Å²) in [6.07, 6.45) is 4.53. The van der Waals surface area contributed by atoms with Crippen molar-refractivity contribution >= 4 is 21.6 Å². The van der Waals surface area contributed by atoms with Crippen molar-refractivity contribution in [3.63, 3.8) is 0 Å². The van der Waals surface area contributed by atoms with E-state index in [1.54, 1.807) is 0 Å². The summed E-state index contributed by atoms with van der Waals surface area (Å²) >= 11 is 1.51. The maximum absolute atomic E-state index is 12.7. The van der Waals surface area contributed by atoms with E-state index in [1.807, 2.05) is 41.0 Å². The lowest BCUT2D eigenvalue weighted by Gasteiger charge is -2.19. The Kier molecular flexibility index (Phi) is 3.54. The second kappa shape index (κ2) is 5.58. The Hall–Kier alpha value is -1.99. The third-order valence-corrected chi connectivity index (χ3v) is 5.60. The first-order valence-corrected chi connectivity index (χ1v) is 8.66. The summed E-state index contributed by atoms with van der Waals surface area (Å²) in [5.41, 5.74) is 3.28. The second-order valence-electron chi connectivity index (χ2n) is 6.10. The average Bonchev–Trinajstić information content (AvgIpc) is 3.03. The van der Waals surface area contributed by atoms with Gasteiger partial charge in [-0.2, -0.15) is 0 Å². The van der Waals surface area contributed by atoms with E-state index in [0.717, 1.165) is 47.7 Å². The fraction of sp³-hybridized carbons (Fsp3) is 0.438. The maximum atomic E-state index is 12.7. The highest BCUT2D eigenvalue weighted by Crippen LogP contribution is 2.21. The quantitative estimate of drug-likeness (QED) is 0.716. The highest BCUT2D eigenvalue weighted by molar-refractivity contribution is 7.17. The predicted molar refractivity (Wildman–Crippen MR) is 90.8 cm³/mol. The first kappa shape index (κ1) is 14.6. The lowest BCUT2D eigenvalue weighted by atomic mass is 10.3. The van der Waals surface area contributed by atoms with Crippen LogP contribution in [0.25, 0.3) is 10.2 Å². The Balaban J connectivity index is 1.64. The van der Waals surface area contributed by atoms with Crippen molar-refractivity contribution in [1.29, 1.82) is 0 Å². The van der Waals surface area contributed by atoms with Gasteiger partial charge in [0, 0.05) is 45.8 Å². The monoisotopic (exact) mass is 329 g/mol. The van der Waals surface area contributed by atoms with Crippen LogP contribution in [-0.2, 0) is 26.6 Å². The van der Waals surface area contributed by atoms with E-state index in [4.69, 9.17) is 4.98 Å². The molecule has 0 aliphatic carbocycles. The minimum atomic E-state index is 0.116. The molecule has 1 aliphatic heterocycles. The van der Waals surface area contributed by atoms with Gasteiger partial charge in [0.1, 0.15) is 10.5 Å². The van der Waals surface area contributed by atoms with Gasteiger partial charge < -0.3 is 4.57 Å². The first-order chi connectivity index (χ1) is 11.1. The van der Waals surface area contributed by atoms with Gasteiger partial charge in [0.25, 0.3) is 5.56 Å². The fourth-order valence-electron chi connectivity index (χ4n) is 3.11. The van der Waals surface area contributed by atoms with Gasteiger partial charge in [0.05, 0.1) is 17.5 Å². The van der Waals surface area contributed by atoms with Crippen LogP contribution < -0.4 is 5.56 Å². The van der Waals surface area contributed by atoms with Crippen molar-refractivity contribution < 1.29 is 0 Å². The third-order valence-electron chi connectivity index (χ3n) is 4.53. The second-order valence-corrected chi connectivity index (χ2v) is 6.98. The number of hydrogen-bond acceptors (Lipinski definition) is 5. The van der Waals surface area contributed by atoms with Crippen LogP contribution in [0.2, 0.25) is 0 Å². The topological polar surface area (TPSA) is 56.0 Å². The van der Waals surface area contributed by atoms with Crippen LogP contribution in [0, 0.1) is 6.92 Å². The van der Waals surface area contributed by atoms with Gasteiger partial charge in [-0.1, -0.05) is 0 Å². The molecule has 0 unspecified atom stereocenters. The molecule has 3 aromatic rings. The molecule has 6 nitrogen and oxygen atoms in total. The maximum Gasteiger partial charge on any atom is 0.271 e. The van der Waals surface area contributed by atoms with Crippen molar-refractivity contribution in [1.82, 2.24) is 24.0 Å². The van der Waals surface area contributed by atoms with E-state index in [2.05, 4.69) is 9.88 Å². The van der Waals surface area contributed by atoms with Crippen LogP contribution >= 0.6 is 11.3 Å². The molecule has 0 atom stereocenters. The van der Waals surface area contributed by atoms with Crippen LogP contribution in [0.4, 0.5) is 0 Å². The van der Waals surface area contributed by atoms with Crippen molar-refractivity contribution in [3.8, 4) is 0 Å². The molecule has 4 heterocycles. The minimum absolute atomic E-state index is 0.116. The van der Waals surface area contributed by atoms with Gasteiger partial charge in [-0.3, -0.25) is 14.3 Å². The van der Waals surface area contributed by atoms with Gasteiger partial charge in [-0.15, -0.1) is 11.3 Å². The number of imidazole rings is 1. The Morgan fingerprint density at radius 3 is 2.96 bits per heavy atom. The molecule has 4 rings (SSSR count). The van der Waals surface area contributed by atoms with Crippen molar-refractivity contribution in [3.05, 3.63) is 45.3 Å². The lowest BCUT2D eigenvalue weighted by Crippen LogP contribution is -2.29. The van der Waals surface area contributed by atoms with Gasteiger partial charge in [0.2, 0.25) is 0 Å². The zero-order valence-corrected chi connectivity index (χ0v) is 14.1. The zero-order valence-electron chi connectivity index (χ0n) is 13.3. The molecule has 120 valence electrons. The number of aromatic nitrogens is 4. The van der Waals surface area contributed by atoms with Crippen molar-refractivity contribution in [2.75, 3.05) is 13.1 Å². The molecule has 0 aromatic carbocycles. The van der Waals surface area contributed by atoms with E-state index in [9.17, 15) is 4.79 Å². The molecule has 1 aliphatic rings. The normalized spacial score (nSPS) is 15.7. The molecule has 0 N–H and O–H groups in total. The SMILES string of the molecule is Cc1csc2c(=O)n3c(nc12)CCN(Cc1cncn1C)CC3. The van der Waals surface area contributed by atoms with E-state index >= 15 is 0 Å². The summed E-state index contributed by atoms with van der Waals surface area (Å²) in [6.45, 7) is 5.34. The predicted octanol–water partition coefficient (Wildman–Crippen LogP) is 1.56. The highest BCUT2D eigenvalue weighted by Gasteiger charge is 2.19. The van der Waals surface area contributed by atoms with Crippen LogP contribution in [-0.4, -0.2) is 37.1 Å². The molecule has 23 heavy (non-hydrogen) atoms. The van der Waals surface area contributed by atoms with Crippen LogP contribution in [0.1, 0.15) is 17.1 Å². The van der Waals surface area contributed by atoms with E-state index in [-0.39, 0.29) is 5.56 Å². The third kappa shape index (κ3) is 2.49.